The summed E-state index contributed by atoms with van der Waals surface area (Å²) in [6, 6.07) is 1.90. The molecule has 1 aliphatic heterocycles. The highest BCUT2D eigenvalue weighted by molar-refractivity contribution is 5.87. The van der Waals surface area contributed by atoms with Gasteiger partial charge in [-0.1, -0.05) is 6.08 Å². The molecule has 154 valence electrons. The number of halogens is 2. The van der Waals surface area contributed by atoms with E-state index in [1.54, 1.807) is 21.7 Å². The summed E-state index contributed by atoms with van der Waals surface area (Å²) in [6.45, 7) is 2.80. The van der Waals surface area contributed by atoms with Crippen LogP contribution in [0, 0.1) is 0 Å². The van der Waals surface area contributed by atoms with E-state index in [4.69, 9.17) is 9.97 Å². The third-order valence-electron chi connectivity index (χ3n) is 5.74. The van der Waals surface area contributed by atoms with E-state index >= 15 is 0 Å². The Labute approximate surface area is 168 Å². The van der Waals surface area contributed by atoms with Gasteiger partial charge < -0.3 is 4.90 Å². The van der Waals surface area contributed by atoms with Gasteiger partial charge in [0.25, 0.3) is 0 Å². The molecule has 1 saturated carbocycles. The Morgan fingerprint density at radius 2 is 2.03 bits per heavy atom. The van der Waals surface area contributed by atoms with Gasteiger partial charge in [0, 0.05) is 44.1 Å². The van der Waals surface area contributed by atoms with Crippen LogP contribution in [0.2, 0.25) is 0 Å². The van der Waals surface area contributed by atoms with Crippen LogP contribution in [0.3, 0.4) is 0 Å². The van der Waals surface area contributed by atoms with Crippen LogP contribution in [-0.4, -0.2) is 43.0 Å². The van der Waals surface area contributed by atoms with Crippen molar-refractivity contribution in [3.63, 3.8) is 0 Å². The SMILES string of the molecule is C/C=C/C(=O)N1CCc2c(nc(C3CCC(F)(F)CC3)nc2-c2ccn(C)n2)C1. The van der Waals surface area contributed by atoms with E-state index in [1.165, 1.54) is 0 Å². The average molecular weight is 401 g/mol. The van der Waals surface area contributed by atoms with Crippen molar-refractivity contribution in [2.45, 2.75) is 57.4 Å². The zero-order valence-corrected chi connectivity index (χ0v) is 16.7. The van der Waals surface area contributed by atoms with Crippen molar-refractivity contribution >= 4 is 5.91 Å². The fourth-order valence-corrected chi connectivity index (χ4v) is 4.12. The largest absolute Gasteiger partial charge is 0.333 e. The first-order chi connectivity index (χ1) is 13.9. The third kappa shape index (κ3) is 4.06. The first-order valence-electron chi connectivity index (χ1n) is 10.1. The van der Waals surface area contributed by atoms with E-state index in [0.29, 0.717) is 38.2 Å². The van der Waals surface area contributed by atoms with Gasteiger partial charge in [-0.3, -0.25) is 9.48 Å². The molecule has 4 rings (SSSR count). The molecule has 1 aliphatic carbocycles. The van der Waals surface area contributed by atoms with Crippen LogP contribution in [0.25, 0.3) is 11.4 Å². The van der Waals surface area contributed by atoms with Crippen molar-refractivity contribution in [3.8, 4) is 11.4 Å². The maximum Gasteiger partial charge on any atom is 0.248 e. The molecule has 1 amide bonds. The predicted octanol–water partition coefficient (Wildman–Crippen LogP) is 3.63. The molecule has 2 aromatic rings. The Hall–Kier alpha value is -2.64. The van der Waals surface area contributed by atoms with Crippen molar-refractivity contribution in [1.29, 1.82) is 0 Å². The summed E-state index contributed by atoms with van der Waals surface area (Å²) in [5.41, 5.74) is 3.32. The van der Waals surface area contributed by atoms with Gasteiger partial charge in [0.05, 0.1) is 17.9 Å². The fourth-order valence-electron chi connectivity index (χ4n) is 4.12. The lowest BCUT2D eigenvalue weighted by Crippen LogP contribution is -2.36. The summed E-state index contributed by atoms with van der Waals surface area (Å²) >= 11 is 0. The van der Waals surface area contributed by atoms with Gasteiger partial charge in [0.1, 0.15) is 11.5 Å². The Bertz CT molecular complexity index is 943. The summed E-state index contributed by atoms with van der Waals surface area (Å²) in [4.78, 5) is 23.6. The van der Waals surface area contributed by atoms with E-state index in [9.17, 15) is 13.6 Å². The Morgan fingerprint density at radius 1 is 1.28 bits per heavy atom. The Balaban J connectivity index is 1.72. The molecule has 1 fully saturated rings. The molecular weight excluding hydrogens is 376 g/mol. The molecular formula is C21H25F2N5O. The van der Waals surface area contributed by atoms with Crippen LogP contribution < -0.4 is 0 Å². The normalized spacial score (nSPS) is 19.5. The van der Waals surface area contributed by atoms with Crippen LogP contribution in [0.15, 0.2) is 24.4 Å². The number of fused-ring (bicyclic) bond motifs is 1. The molecule has 0 atom stereocenters. The summed E-state index contributed by atoms with van der Waals surface area (Å²) in [6.07, 6.45) is 6.25. The van der Waals surface area contributed by atoms with E-state index in [0.717, 1.165) is 22.6 Å². The maximum absolute atomic E-state index is 13.6. The van der Waals surface area contributed by atoms with Gasteiger partial charge in [-0.15, -0.1) is 0 Å². The van der Waals surface area contributed by atoms with Crippen molar-refractivity contribution in [1.82, 2.24) is 24.6 Å². The number of nitrogens with zero attached hydrogens (tertiary/aromatic N) is 5. The molecule has 0 N–H and O–H groups in total. The Morgan fingerprint density at radius 3 is 2.69 bits per heavy atom. The molecule has 0 bridgehead atoms. The van der Waals surface area contributed by atoms with Crippen LogP contribution in [0.5, 0.6) is 0 Å². The first-order valence-corrected chi connectivity index (χ1v) is 10.1. The zero-order valence-electron chi connectivity index (χ0n) is 16.7. The van der Waals surface area contributed by atoms with Crippen molar-refractivity contribution in [2.24, 2.45) is 7.05 Å². The van der Waals surface area contributed by atoms with Crippen molar-refractivity contribution in [3.05, 3.63) is 41.5 Å². The maximum atomic E-state index is 13.6. The number of hydrogen-bond acceptors (Lipinski definition) is 4. The third-order valence-corrected chi connectivity index (χ3v) is 5.74. The topological polar surface area (TPSA) is 63.9 Å². The molecule has 2 aliphatic rings. The van der Waals surface area contributed by atoms with Crippen LogP contribution >= 0.6 is 0 Å². The molecule has 3 heterocycles. The minimum absolute atomic E-state index is 0.0463. The number of aromatic nitrogens is 4. The average Bonchev–Trinajstić information content (AvgIpc) is 3.13. The second kappa shape index (κ2) is 7.65. The standard InChI is InChI=1S/C21H25F2N5O/c1-3-4-18(29)28-12-7-15-17(13-28)24-20(14-5-9-21(22,23)10-6-14)25-19(15)16-8-11-27(2)26-16/h3-4,8,11,14H,5-7,9-10,12-13H2,1-2H3/b4-3+. The monoisotopic (exact) mass is 401 g/mol. The van der Waals surface area contributed by atoms with Gasteiger partial charge in [-0.2, -0.15) is 5.10 Å². The van der Waals surface area contributed by atoms with Crippen LogP contribution in [0.1, 0.15) is 55.6 Å². The summed E-state index contributed by atoms with van der Waals surface area (Å²) in [5, 5.41) is 4.50. The first kappa shape index (κ1) is 19.7. The van der Waals surface area contributed by atoms with Gasteiger partial charge in [-0.25, -0.2) is 18.7 Å². The summed E-state index contributed by atoms with van der Waals surface area (Å²) < 4.78 is 29.0. The second-order valence-corrected chi connectivity index (χ2v) is 7.87. The molecule has 0 aromatic carbocycles. The highest BCUT2D eigenvalue weighted by Gasteiger charge is 2.37. The predicted molar refractivity (Wildman–Crippen MR) is 104 cm³/mol. The number of aryl methyl sites for hydroxylation is 1. The number of amides is 1. The van der Waals surface area contributed by atoms with Crippen molar-refractivity contribution < 1.29 is 13.6 Å². The lowest BCUT2D eigenvalue weighted by Gasteiger charge is -2.31. The van der Waals surface area contributed by atoms with Gasteiger partial charge in [-0.05, 0) is 38.3 Å². The molecule has 0 radical (unpaired) electrons. The quantitative estimate of drug-likeness (QED) is 0.737. The molecule has 0 saturated heterocycles. The van der Waals surface area contributed by atoms with Crippen molar-refractivity contribution in [2.75, 3.05) is 6.54 Å². The summed E-state index contributed by atoms with van der Waals surface area (Å²) in [7, 11) is 1.85. The molecule has 6 nitrogen and oxygen atoms in total. The molecule has 0 unspecified atom stereocenters. The number of carbonyl (C=O) groups is 1. The molecule has 8 heteroatoms. The van der Waals surface area contributed by atoms with E-state index < -0.39 is 5.92 Å². The minimum atomic E-state index is -2.59. The van der Waals surface area contributed by atoms with Crippen LogP contribution in [-0.2, 0) is 24.8 Å². The second-order valence-electron chi connectivity index (χ2n) is 7.87. The van der Waals surface area contributed by atoms with Crippen LogP contribution in [0.4, 0.5) is 8.78 Å². The molecule has 0 spiro atoms. The highest BCUT2D eigenvalue weighted by Crippen LogP contribution is 2.41. The van der Waals surface area contributed by atoms with Gasteiger partial charge in [0.15, 0.2) is 0 Å². The zero-order chi connectivity index (χ0) is 20.6. The minimum Gasteiger partial charge on any atom is -0.333 e. The van der Waals surface area contributed by atoms with Gasteiger partial charge >= 0.3 is 0 Å². The van der Waals surface area contributed by atoms with E-state index in [2.05, 4.69) is 5.10 Å². The molecule has 2 aromatic heterocycles. The Kier molecular flexibility index (Phi) is 5.19. The van der Waals surface area contributed by atoms with E-state index in [-0.39, 0.29) is 24.7 Å². The number of allylic oxidation sites excluding steroid dienone is 1. The van der Waals surface area contributed by atoms with E-state index in [1.807, 2.05) is 26.2 Å². The lowest BCUT2D eigenvalue weighted by atomic mass is 9.86. The number of alkyl halides is 2. The fraction of sp³-hybridized carbons (Fsp3) is 0.524. The number of hydrogen-bond donors (Lipinski definition) is 0. The van der Waals surface area contributed by atoms with Gasteiger partial charge in [0.2, 0.25) is 11.8 Å². The molecule has 29 heavy (non-hydrogen) atoms. The lowest BCUT2D eigenvalue weighted by molar-refractivity contribution is -0.127. The smallest absolute Gasteiger partial charge is 0.248 e. The summed E-state index contributed by atoms with van der Waals surface area (Å²) in [5.74, 6) is -2.14. The number of rotatable bonds is 3. The number of carbonyl (C=O) groups excluding carboxylic acids is 1. The highest BCUT2D eigenvalue weighted by atomic mass is 19.3.